The van der Waals surface area contributed by atoms with Gasteiger partial charge in [-0.2, -0.15) is 0 Å². The molecule has 3 rings (SSSR count). The Labute approximate surface area is 159 Å². The first kappa shape index (κ1) is 20.4. The Morgan fingerprint density at radius 2 is 1.85 bits per heavy atom. The van der Waals surface area contributed by atoms with Crippen LogP contribution in [-0.2, 0) is 10.2 Å². The maximum absolute atomic E-state index is 13.8. The maximum Gasteiger partial charge on any atom is 0.237 e. The summed E-state index contributed by atoms with van der Waals surface area (Å²) >= 11 is 0. The minimum absolute atomic E-state index is 0. The molecule has 0 bridgehead atoms. The van der Waals surface area contributed by atoms with E-state index >= 15 is 0 Å². The van der Waals surface area contributed by atoms with Crippen molar-refractivity contribution in [1.82, 2.24) is 5.32 Å². The number of halogens is 2. The molecule has 2 aromatic rings. The van der Waals surface area contributed by atoms with Crippen molar-refractivity contribution < 1.29 is 14.3 Å². The lowest BCUT2D eigenvalue weighted by Crippen LogP contribution is -2.45. The van der Waals surface area contributed by atoms with E-state index in [0.717, 1.165) is 5.56 Å². The first-order chi connectivity index (χ1) is 11.9. The number of anilines is 1. The molecule has 2 aromatic carbocycles. The van der Waals surface area contributed by atoms with Crippen LogP contribution in [0.3, 0.4) is 0 Å². The summed E-state index contributed by atoms with van der Waals surface area (Å²) in [7, 11) is 1.75. The van der Waals surface area contributed by atoms with Crippen molar-refractivity contribution in [1.29, 1.82) is 0 Å². The van der Waals surface area contributed by atoms with Gasteiger partial charge in [0.15, 0.2) is 0 Å². The van der Waals surface area contributed by atoms with E-state index in [1.165, 1.54) is 12.1 Å². The van der Waals surface area contributed by atoms with E-state index in [2.05, 4.69) is 5.32 Å². The number of nitrogens with zero attached hydrogens (tertiary/aromatic N) is 1. The number of carbonyl (C=O) groups excluding carboxylic acids is 1. The number of rotatable bonds is 5. The number of fused-ring (bicyclic) bond motifs is 1. The summed E-state index contributed by atoms with van der Waals surface area (Å²) in [5.74, 6) is -0.509. The van der Waals surface area contributed by atoms with Gasteiger partial charge in [-0.25, -0.2) is 4.39 Å². The van der Waals surface area contributed by atoms with Crippen LogP contribution < -0.4 is 10.2 Å². The third-order valence-electron chi connectivity index (χ3n) is 4.84. The zero-order valence-electron chi connectivity index (χ0n) is 15.1. The van der Waals surface area contributed by atoms with Crippen LogP contribution in [0.5, 0.6) is 0 Å². The second-order valence-electron chi connectivity index (χ2n) is 6.94. The number of hydrogen-bond acceptors (Lipinski definition) is 3. The van der Waals surface area contributed by atoms with Crippen molar-refractivity contribution in [2.75, 3.05) is 18.5 Å². The summed E-state index contributed by atoms with van der Waals surface area (Å²) in [5.41, 5.74) is 1.30. The summed E-state index contributed by atoms with van der Waals surface area (Å²) < 4.78 is 13.8. The van der Waals surface area contributed by atoms with Crippen molar-refractivity contribution in [2.45, 2.75) is 31.4 Å². The fraction of sp³-hybridized carbons (Fsp3) is 0.350. The molecule has 1 aliphatic rings. The summed E-state index contributed by atoms with van der Waals surface area (Å²) in [6.45, 7) is 3.92. The van der Waals surface area contributed by atoms with Gasteiger partial charge in [0, 0.05) is 12.2 Å². The summed E-state index contributed by atoms with van der Waals surface area (Å²) in [5, 5.41) is 13.7. The van der Waals surface area contributed by atoms with Crippen molar-refractivity contribution in [3.05, 3.63) is 65.5 Å². The monoisotopic (exact) mass is 378 g/mol. The molecule has 1 amide bonds. The Balaban J connectivity index is 0.00000243. The molecular weight excluding hydrogens is 355 g/mol. The number of likely N-dealkylation sites (N-methyl/N-ethyl adjacent to an activating group) is 1. The standard InChI is InChI=1S/C20H23FN2O2.ClH/c1-20(2)15-11-14(21)9-10-16(15)23(19(20)25)18(17(24)12-22-3)13-7-5-4-6-8-13;/h4-11,17-18,22,24H,12H2,1-3H3;1H/t17-,18-;/m0./s1. The molecule has 140 valence electrons. The molecule has 0 fully saturated rings. The van der Waals surface area contributed by atoms with Gasteiger partial charge in [0.25, 0.3) is 0 Å². The summed E-state index contributed by atoms with van der Waals surface area (Å²) in [6.07, 6.45) is -0.803. The van der Waals surface area contributed by atoms with E-state index in [-0.39, 0.29) is 24.1 Å². The molecule has 6 heteroatoms. The van der Waals surface area contributed by atoms with E-state index < -0.39 is 17.6 Å². The van der Waals surface area contributed by atoms with E-state index in [1.807, 2.05) is 30.3 Å². The highest BCUT2D eigenvalue weighted by molar-refractivity contribution is 6.08. The molecule has 1 heterocycles. The second kappa shape index (κ2) is 7.74. The lowest BCUT2D eigenvalue weighted by Gasteiger charge is -2.33. The Morgan fingerprint density at radius 3 is 2.46 bits per heavy atom. The quantitative estimate of drug-likeness (QED) is 0.840. The number of hydrogen-bond donors (Lipinski definition) is 2. The SMILES string of the molecule is CNC[C@H](O)[C@H](c1ccccc1)N1C(=O)C(C)(C)c2cc(F)ccc21.Cl. The van der Waals surface area contributed by atoms with Gasteiger partial charge in [-0.15, -0.1) is 12.4 Å². The van der Waals surface area contributed by atoms with Crippen LogP contribution in [0.25, 0.3) is 0 Å². The maximum atomic E-state index is 13.8. The predicted octanol–water partition coefficient (Wildman–Crippen LogP) is 3.19. The molecule has 0 unspecified atom stereocenters. The Morgan fingerprint density at radius 1 is 1.19 bits per heavy atom. The molecule has 1 aliphatic heterocycles. The lowest BCUT2D eigenvalue weighted by atomic mass is 9.86. The third kappa shape index (κ3) is 3.34. The van der Waals surface area contributed by atoms with Crippen LogP contribution in [-0.4, -0.2) is 30.7 Å². The second-order valence-corrected chi connectivity index (χ2v) is 6.94. The van der Waals surface area contributed by atoms with Crippen LogP contribution >= 0.6 is 12.4 Å². The van der Waals surface area contributed by atoms with Crippen LogP contribution in [0.1, 0.15) is 31.0 Å². The van der Waals surface area contributed by atoms with Crippen LogP contribution in [0, 0.1) is 5.82 Å². The molecule has 0 spiro atoms. The van der Waals surface area contributed by atoms with E-state index in [0.29, 0.717) is 17.8 Å². The van der Waals surface area contributed by atoms with E-state index in [4.69, 9.17) is 0 Å². The topological polar surface area (TPSA) is 52.6 Å². The molecule has 0 saturated carbocycles. The van der Waals surface area contributed by atoms with Crippen molar-refractivity contribution >= 4 is 24.0 Å². The number of benzene rings is 2. The zero-order valence-corrected chi connectivity index (χ0v) is 15.9. The molecule has 0 aromatic heterocycles. The number of aliphatic hydroxyl groups excluding tert-OH is 1. The van der Waals surface area contributed by atoms with Crippen molar-refractivity contribution in [3.63, 3.8) is 0 Å². The number of nitrogens with one attached hydrogen (secondary N) is 1. The van der Waals surface area contributed by atoms with Crippen LogP contribution in [0.2, 0.25) is 0 Å². The first-order valence-electron chi connectivity index (χ1n) is 8.39. The van der Waals surface area contributed by atoms with Crippen molar-refractivity contribution in [2.24, 2.45) is 0 Å². The van der Waals surface area contributed by atoms with E-state index in [9.17, 15) is 14.3 Å². The molecular formula is C20H24ClFN2O2. The first-order valence-corrected chi connectivity index (χ1v) is 8.39. The summed E-state index contributed by atoms with van der Waals surface area (Å²) in [4.78, 5) is 14.8. The minimum atomic E-state index is -0.843. The zero-order chi connectivity index (χ0) is 18.2. The number of amides is 1. The average Bonchev–Trinajstić information content (AvgIpc) is 2.77. The van der Waals surface area contributed by atoms with Crippen molar-refractivity contribution in [3.8, 4) is 0 Å². The highest BCUT2D eigenvalue weighted by Gasteiger charge is 2.48. The average molecular weight is 379 g/mol. The van der Waals surface area contributed by atoms with Gasteiger partial charge >= 0.3 is 0 Å². The highest BCUT2D eigenvalue weighted by Crippen LogP contribution is 2.46. The molecule has 4 nitrogen and oxygen atoms in total. The fourth-order valence-corrected chi connectivity index (χ4v) is 3.54. The smallest absolute Gasteiger partial charge is 0.237 e. The largest absolute Gasteiger partial charge is 0.389 e. The predicted molar refractivity (Wildman–Crippen MR) is 103 cm³/mol. The minimum Gasteiger partial charge on any atom is -0.389 e. The van der Waals surface area contributed by atoms with Gasteiger partial charge in [0.1, 0.15) is 5.82 Å². The van der Waals surface area contributed by atoms with Crippen LogP contribution in [0.15, 0.2) is 48.5 Å². The van der Waals surface area contributed by atoms with E-state index in [1.54, 1.807) is 31.9 Å². The number of aliphatic hydroxyl groups is 1. The molecule has 0 aliphatic carbocycles. The normalized spacial score (nSPS) is 17.4. The molecule has 2 atom stereocenters. The summed E-state index contributed by atoms with van der Waals surface area (Å²) in [6, 6.07) is 13.3. The Hall–Kier alpha value is -1.95. The van der Waals surface area contributed by atoms with Gasteiger partial charge in [-0.3, -0.25) is 4.79 Å². The highest BCUT2D eigenvalue weighted by atomic mass is 35.5. The third-order valence-corrected chi connectivity index (χ3v) is 4.84. The van der Waals surface area contributed by atoms with Gasteiger partial charge in [-0.1, -0.05) is 30.3 Å². The molecule has 0 saturated heterocycles. The Kier molecular flexibility index (Phi) is 6.06. The lowest BCUT2D eigenvalue weighted by molar-refractivity contribution is -0.123. The molecule has 26 heavy (non-hydrogen) atoms. The number of carbonyl (C=O) groups is 1. The fourth-order valence-electron chi connectivity index (χ4n) is 3.54. The van der Waals surface area contributed by atoms with Gasteiger partial charge < -0.3 is 15.3 Å². The molecule has 2 N–H and O–H groups in total. The van der Waals surface area contributed by atoms with Gasteiger partial charge in [0.2, 0.25) is 5.91 Å². The molecule has 0 radical (unpaired) electrons. The van der Waals surface area contributed by atoms with Gasteiger partial charge in [-0.05, 0) is 50.2 Å². The van der Waals surface area contributed by atoms with Crippen LogP contribution in [0.4, 0.5) is 10.1 Å². The Bertz CT molecular complexity index is 783. The van der Waals surface area contributed by atoms with Gasteiger partial charge in [0.05, 0.1) is 17.6 Å².